The average Bonchev–Trinajstić information content (AvgIpc) is 3.42. The number of anilines is 1. The second-order valence-electron chi connectivity index (χ2n) is 7.78. The lowest BCUT2D eigenvalue weighted by atomic mass is 9.91. The minimum absolute atomic E-state index is 0.379. The highest BCUT2D eigenvalue weighted by atomic mass is 16.5. The summed E-state index contributed by atoms with van der Waals surface area (Å²) in [7, 11) is 1.49. The maximum absolute atomic E-state index is 13.8. The van der Waals surface area contributed by atoms with Crippen molar-refractivity contribution in [2.24, 2.45) is 0 Å². The Balaban J connectivity index is 1.59. The standard InChI is InChI=1S/C26H22N6O2/c1-17-20(21-15-30-32-22-11-7-6-10-19(21)22)14-27-16-23(17)31-25(33)26(34-2,24-28-12-13-29-24)18-8-4-3-5-9-18/h3-16H,1-2H3,(H,28,29)(H,31,33)/t26-/m0/s1. The van der Waals surface area contributed by atoms with Crippen molar-refractivity contribution in [1.82, 2.24) is 25.1 Å². The number of pyridine rings is 1. The van der Waals surface area contributed by atoms with E-state index in [2.05, 4.69) is 30.5 Å². The number of imidazole rings is 1. The number of fused-ring (bicyclic) bond motifs is 1. The van der Waals surface area contributed by atoms with Crippen molar-refractivity contribution in [2.75, 3.05) is 12.4 Å². The topological polar surface area (TPSA) is 106 Å². The van der Waals surface area contributed by atoms with E-state index < -0.39 is 11.5 Å². The van der Waals surface area contributed by atoms with Gasteiger partial charge in [-0.15, -0.1) is 0 Å². The number of aromatic nitrogens is 5. The number of benzene rings is 2. The summed E-state index contributed by atoms with van der Waals surface area (Å²) in [5.74, 6) is -0.0132. The van der Waals surface area contributed by atoms with Crippen LogP contribution in [0.5, 0.6) is 0 Å². The fourth-order valence-electron chi connectivity index (χ4n) is 4.17. The Kier molecular flexibility index (Phi) is 5.57. The number of carbonyl (C=O) groups is 1. The summed E-state index contributed by atoms with van der Waals surface area (Å²) in [5.41, 5.74) is 3.11. The van der Waals surface area contributed by atoms with Gasteiger partial charge in [0, 0.05) is 47.8 Å². The van der Waals surface area contributed by atoms with Gasteiger partial charge in [0.1, 0.15) is 0 Å². The molecule has 0 aliphatic carbocycles. The molecule has 0 fully saturated rings. The molecule has 2 aromatic carbocycles. The molecule has 0 spiro atoms. The Hall–Kier alpha value is -4.43. The van der Waals surface area contributed by atoms with Crippen LogP contribution in [0.3, 0.4) is 0 Å². The van der Waals surface area contributed by atoms with Crippen LogP contribution in [-0.2, 0) is 15.1 Å². The van der Waals surface area contributed by atoms with E-state index >= 15 is 0 Å². The fourth-order valence-corrected chi connectivity index (χ4v) is 4.17. The quantitative estimate of drug-likeness (QED) is 0.401. The number of methoxy groups -OCH3 is 1. The van der Waals surface area contributed by atoms with Crippen molar-refractivity contribution in [3.63, 3.8) is 0 Å². The number of nitrogens with zero attached hydrogens (tertiary/aromatic N) is 4. The number of rotatable bonds is 6. The number of hydrogen-bond acceptors (Lipinski definition) is 6. The Morgan fingerprint density at radius 1 is 1.00 bits per heavy atom. The Morgan fingerprint density at radius 3 is 2.56 bits per heavy atom. The largest absolute Gasteiger partial charge is 0.357 e. The summed E-state index contributed by atoms with van der Waals surface area (Å²) in [6, 6.07) is 17.0. The molecule has 5 aromatic rings. The van der Waals surface area contributed by atoms with Gasteiger partial charge in [-0.2, -0.15) is 10.2 Å². The van der Waals surface area contributed by atoms with Crippen molar-refractivity contribution in [1.29, 1.82) is 0 Å². The van der Waals surface area contributed by atoms with Gasteiger partial charge in [-0.05, 0) is 18.6 Å². The molecular weight excluding hydrogens is 428 g/mol. The van der Waals surface area contributed by atoms with E-state index in [9.17, 15) is 4.79 Å². The predicted molar refractivity (Wildman–Crippen MR) is 129 cm³/mol. The molecule has 0 saturated carbocycles. The maximum atomic E-state index is 13.8. The number of amides is 1. The van der Waals surface area contributed by atoms with E-state index in [0.29, 0.717) is 17.1 Å². The van der Waals surface area contributed by atoms with Crippen molar-refractivity contribution >= 4 is 22.5 Å². The molecule has 5 rings (SSSR count). The van der Waals surface area contributed by atoms with Gasteiger partial charge in [0.05, 0.1) is 23.6 Å². The number of aromatic amines is 1. The van der Waals surface area contributed by atoms with E-state index in [1.54, 1.807) is 31.0 Å². The van der Waals surface area contributed by atoms with Crippen LogP contribution in [0.25, 0.3) is 22.0 Å². The summed E-state index contributed by atoms with van der Waals surface area (Å²) in [5, 5.41) is 12.3. The third-order valence-corrected chi connectivity index (χ3v) is 5.94. The number of hydrogen-bond donors (Lipinski definition) is 2. The third kappa shape index (κ3) is 3.50. The van der Waals surface area contributed by atoms with Gasteiger partial charge < -0.3 is 15.0 Å². The first-order chi connectivity index (χ1) is 16.6. The molecule has 168 valence electrons. The van der Waals surface area contributed by atoms with E-state index in [4.69, 9.17) is 4.74 Å². The molecule has 3 aromatic heterocycles. The zero-order valence-corrected chi connectivity index (χ0v) is 18.7. The second kappa shape index (κ2) is 8.84. The van der Waals surface area contributed by atoms with Crippen molar-refractivity contribution < 1.29 is 9.53 Å². The van der Waals surface area contributed by atoms with E-state index in [1.807, 2.05) is 61.5 Å². The lowest BCUT2D eigenvalue weighted by molar-refractivity contribution is -0.134. The number of nitrogens with one attached hydrogen (secondary N) is 2. The van der Waals surface area contributed by atoms with E-state index in [0.717, 1.165) is 27.6 Å². The molecule has 0 bridgehead atoms. The SMILES string of the molecule is CO[C@@](C(=O)Nc1cncc(-c2cnnc3ccccc23)c1C)(c1ccccc1)c1ncc[nH]1. The first-order valence-electron chi connectivity index (χ1n) is 10.7. The van der Waals surface area contributed by atoms with Gasteiger partial charge >= 0.3 is 0 Å². The smallest absolute Gasteiger partial charge is 0.269 e. The van der Waals surface area contributed by atoms with Gasteiger partial charge in [-0.3, -0.25) is 9.78 Å². The maximum Gasteiger partial charge on any atom is 0.269 e. The highest BCUT2D eigenvalue weighted by Crippen LogP contribution is 2.35. The van der Waals surface area contributed by atoms with Gasteiger partial charge in [-0.1, -0.05) is 48.5 Å². The van der Waals surface area contributed by atoms with Crippen LogP contribution in [0, 0.1) is 6.92 Å². The summed E-state index contributed by atoms with van der Waals surface area (Å²) in [6.45, 7) is 1.94. The molecule has 0 radical (unpaired) electrons. The van der Waals surface area contributed by atoms with Crippen LogP contribution < -0.4 is 5.32 Å². The van der Waals surface area contributed by atoms with E-state index in [-0.39, 0.29) is 0 Å². The number of carbonyl (C=O) groups excluding carboxylic acids is 1. The molecule has 8 nitrogen and oxygen atoms in total. The van der Waals surface area contributed by atoms with Crippen LogP contribution in [0.4, 0.5) is 5.69 Å². The van der Waals surface area contributed by atoms with Crippen molar-refractivity contribution in [3.8, 4) is 11.1 Å². The van der Waals surface area contributed by atoms with Gasteiger partial charge in [-0.25, -0.2) is 4.98 Å². The molecule has 3 heterocycles. The highest BCUT2D eigenvalue weighted by molar-refractivity contribution is 6.02. The number of H-pyrrole nitrogens is 1. The monoisotopic (exact) mass is 450 g/mol. The molecule has 0 saturated heterocycles. The highest BCUT2D eigenvalue weighted by Gasteiger charge is 2.45. The van der Waals surface area contributed by atoms with Crippen molar-refractivity contribution in [2.45, 2.75) is 12.5 Å². The molecule has 0 aliphatic heterocycles. The zero-order valence-electron chi connectivity index (χ0n) is 18.7. The van der Waals surface area contributed by atoms with Crippen molar-refractivity contribution in [3.05, 3.63) is 103 Å². The van der Waals surface area contributed by atoms with Gasteiger partial charge in [0.25, 0.3) is 5.91 Å². The molecule has 8 heteroatoms. The summed E-state index contributed by atoms with van der Waals surface area (Å²) in [6.07, 6.45) is 8.36. The Labute approximate surface area is 196 Å². The minimum atomic E-state index is -1.47. The molecular formula is C26H22N6O2. The van der Waals surface area contributed by atoms with Crippen LogP contribution >= 0.6 is 0 Å². The lowest BCUT2D eigenvalue weighted by Crippen LogP contribution is -2.44. The number of ether oxygens (including phenoxy) is 1. The van der Waals surface area contributed by atoms with Gasteiger partial charge in [0.2, 0.25) is 5.60 Å². The minimum Gasteiger partial charge on any atom is -0.357 e. The molecule has 1 atom stereocenters. The molecule has 0 unspecified atom stereocenters. The van der Waals surface area contributed by atoms with Crippen LogP contribution in [0.1, 0.15) is 17.0 Å². The predicted octanol–water partition coefficient (Wildman–Crippen LogP) is 4.25. The van der Waals surface area contributed by atoms with Crippen LogP contribution in [-0.4, -0.2) is 38.2 Å². The summed E-state index contributed by atoms with van der Waals surface area (Å²) in [4.78, 5) is 25.6. The van der Waals surface area contributed by atoms with Gasteiger partial charge in [0.15, 0.2) is 5.82 Å². The zero-order chi connectivity index (χ0) is 23.5. The second-order valence-corrected chi connectivity index (χ2v) is 7.78. The van der Waals surface area contributed by atoms with Crippen LogP contribution in [0.15, 0.2) is 85.6 Å². The first-order valence-corrected chi connectivity index (χ1v) is 10.7. The molecule has 1 amide bonds. The average molecular weight is 451 g/mol. The molecule has 0 aliphatic rings. The van der Waals surface area contributed by atoms with E-state index in [1.165, 1.54) is 7.11 Å². The lowest BCUT2D eigenvalue weighted by Gasteiger charge is -2.30. The van der Waals surface area contributed by atoms with Crippen LogP contribution in [0.2, 0.25) is 0 Å². The summed E-state index contributed by atoms with van der Waals surface area (Å²) >= 11 is 0. The normalized spacial score (nSPS) is 12.9. The Bertz CT molecular complexity index is 1450. The Morgan fingerprint density at radius 2 is 1.79 bits per heavy atom. The molecule has 2 N–H and O–H groups in total. The first kappa shape index (κ1) is 21.4. The third-order valence-electron chi connectivity index (χ3n) is 5.94. The fraction of sp³-hybridized carbons (Fsp3) is 0.115. The summed E-state index contributed by atoms with van der Waals surface area (Å²) < 4.78 is 5.87. The molecule has 34 heavy (non-hydrogen) atoms.